The number of piperidine rings is 1. The fourth-order valence-electron chi connectivity index (χ4n) is 4.38. The summed E-state index contributed by atoms with van der Waals surface area (Å²) in [7, 11) is -3.70. The number of nitrogens with zero attached hydrogens (tertiary/aromatic N) is 2. The van der Waals surface area contributed by atoms with E-state index in [0.717, 1.165) is 36.9 Å². The lowest BCUT2D eigenvalue weighted by molar-refractivity contribution is -0.119. The first-order valence-corrected chi connectivity index (χ1v) is 12.3. The van der Waals surface area contributed by atoms with Gasteiger partial charge in [0.25, 0.3) is 15.9 Å². The van der Waals surface area contributed by atoms with E-state index in [0.29, 0.717) is 25.2 Å². The highest BCUT2D eigenvalue weighted by Crippen LogP contribution is 2.31. The number of carbonyl (C=O) groups is 2. The topological polar surface area (TPSA) is 113 Å². The quantitative estimate of drug-likeness (QED) is 0.684. The van der Waals surface area contributed by atoms with Gasteiger partial charge < -0.3 is 11.1 Å². The molecule has 0 aliphatic carbocycles. The molecule has 0 aromatic heterocycles. The van der Waals surface area contributed by atoms with Gasteiger partial charge in [-0.2, -0.15) is 0 Å². The summed E-state index contributed by atoms with van der Waals surface area (Å²) < 4.78 is 27.9. The van der Waals surface area contributed by atoms with Gasteiger partial charge in [0, 0.05) is 31.2 Å². The number of benzene rings is 2. The van der Waals surface area contributed by atoms with Gasteiger partial charge in [-0.25, -0.2) is 8.42 Å². The number of hydrogen-bond donors (Lipinski definition) is 2. The Balaban J connectivity index is 1.41. The number of sulfonamides is 1. The number of fused-ring (bicyclic) bond motifs is 1. The van der Waals surface area contributed by atoms with Crippen molar-refractivity contribution < 1.29 is 18.0 Å². The van der Waals surface area contributed by atoms with Gasteiger partial charge in [-0.15, -0.1) is 0 Å². The van der Waals surface area contributed by atoms with Crippen molar-refractivity contribution in [1.82, 2.24) is 10.2 Å². The monoisotopic (exact) mass is 456 g/mol. The maximum atomic E-state index is 13.2. The summed E-state index contributed by atoms with van der Waals surface area (Å²) >= 11 is 0. The minimum Gasteiger partial charge on any atom is -0.369 e. The second-order valence-electron chi connectivity index (χ2n) is 8.32. The number of rotatable bonds is 6. The summed E-state index contributed by atoms with van der Waals surface area (Å²) in [5, 5.41) is 3.00. The highest BCUT2D eigenvalue weighted by molar-refractivity contribution is 7.92. The van der Waals surface area contributed by atoms with E-state index < -0.39 is 10.0 Å². The maximum Gasteiger partial charge on any atom is 0.264 e. The molecule has 9 heteroatoms. The number of anilines is 1. The molecule has 4 rings (SSSR count). The molecule has 3 N–H and O–H groups in total. The molecule has 2 aliphatic heterocycles. The van der Waals surface area contributed by atoms with Crippen LogP contribution in [0.2, 0.25) is 0 Å². The lowest BCUT2D eigenvalue weighted by Gasteiger charge is -2.31. The minimum absolute atomic E-state index is 0.0138. The van der Waals surface area contributed by atoms with Gasteiger partial charge in [0.2, 0.25) is 5.91 Å². The Bertz CT molecular complexity index is 1090. The highest BCUT2D eigenvalue weighted by Gasteiger charge is 2.29. The second-order valence-corrected chi connectivity index (χ2v) is 10.2. The van der Waals surface area contributed by atoms with E-state index >= 15 is 0 Å². The van der Waals surface area contributed by atoms with E-state index in [1.54, 1.807) is 12.1 Å². The van der Waals surface area contributed by atoms with Crippen LogP contribution >= 0.6 is 0 Å². The largest absolute Gasteiger partial charge is 0.369 e. The summed E-state index contributed by atoms with van der Waals surface area (Å²) in [6.45, 7) is 2.07. The van der Waals surface area contributed by atoms with Crippen molar-refractivity contribution in [3.05, 3.63) is 59.7 Å². The molecule has 2 amide bonds. The zero-order valence-corrected chi connectivity index (χ0v) is 18.7. The number of likely N-dealkylation sites (tertiary alicyclic amines) is 1. The number of para-hydroxylation sites is 1. The van der Waals surface area contributed by atoms with E-state index in [1.165, 1.54) is 16.4 Å². The van der Waals surface area contributed by atoms with Gasteiger partial charge in [0.1, 0.15) is 0 Å². The maximum absolute atomic E-state index is 13.2. The summed E-state index contributed by atoms with van der Waals surface area (Å²) in [6, 6.07) is 13.7. The van der Waals surface area contributed by atoms with Crippen molar-refractivity contribution in [1.29, 1.82) is 0 Å². The Morgan fingerprint density at radius 1 is 1.00 bits per heavy atom. The Morgan fingerprint density at radius 2 is 1.69 bits per heavy atom. The van der Waals surface area contributed by atoms with Gasteiger partial charge in [-0.05, 0) is 61.6 Å². The first-order valence-electron chi connectivity index (χ1n) is 10.9. The second kappa shape index (κ2) is 9.30. The number of nitrogens with one attached hydrogen (secondary N) is 1. The van der Waals surface area contributed by atoms with Gasteiger partial charge in [-0.1, -0.05) is 18.2 Å². The standard InChI is InChI=1S/C23H28N4O4S/c24-22(28)16-26-14-11-19(12-15-26)25-23(29)18-7-9-20(10-8-18)32(30,31)27-13-3-5-17-4-1-2-6-21(17)27/h1-2,4,6-10,19H,3,5,11-16H2,(H2,24,28)(H,25,29). The van der Waals surface area contributed by atoms with E-state index in [-0.39, 0.29) is 29.3 Å². The molecular formula is C23H28N4O4S. The van der Waals surface area contributed by atoms with E-state index in [2.05, 4.69) is 5.32 Å². The molecule has 2 aliphatic rings. The third-order valence-corrected chi connectivity index (χ3v) is 7.90. The molecule has 2 aromatic rings. The van der Waals surface area contributed by atoms with Crippen LogP contribution < -0.4 is 15.4 Å². The third kappa shape index (κ3) is 4.78. The predicted octanol–water partition coefficient (Wildman–Crippen LogP) is 1.51. The third-order valence-electron chi connectivity index (χ3n) is 6.07. The Hall–Kier alpha value is -2.91. The van der Waals surface area contributed by atoms with Crippen LogP contribution in [0, 0.1) is 0 Å². The van der Waals surface area contributed by atoms with E-state index in [4.69, 9.17) is 5.73 Å². The smallest absolute Gasteiger partial charge is 0.264 e. The van der Waals surface area contributed by atoms with Crippen LogP contribution in [0.1, 0.15) is 35.2 Å². The molecule has 0 atom stereocenters. The van der Waals surface area contributed by atoms with Crippen molar-refractivity contribution in [3.63, 3.8) is 0 Å². The van der Waals surface area contributed by atoms with Crippen LogP contribution in [-0.4, -0.2) is 57.4 Å². The molecule has 0 bridgehead atoms. The number of aryl methyl sites for hydroxylation is 1. The summed E-state index contributed by atoms with van der Waals surface area (Å²) in [6.07, 6.45) is 3.11. The van der Waals surface area contributed by atoms with Crippen LogP contribution in [0.4, 0.5) is 5.69 Å². The van der Waals surface area contributed by atoms with Gasteiger partial charge in [0.05, 0.1) is 17.1 Å². The molecule has 0 spiro atoms. The van der Waals surface area contributed by atoms with Crippen LogP contribution in [0.25, 0.3) is 0 Å². The lowest BCUT2D eigenvalue weighted by atomic mass is 10.0. The first kappa shape index (κ1) is 22.3. The zero-order chi connectivity index (χ0) is 22.7. The molecule has 0 unspecified atom stereocenters. The SMILES string of the molecule is NC(=O)CN1CCC(NC(=O)c2ccc(S(=O)(=O)N3CCCc4ccccc43)cc2)CC1. The Kier molecular flexibility index (Phi) is 6.48. The molecule has 2 heterocycles. The number of amides is 2. The number of hydrogen-bond acceptors (Lipinski definition) is 5. The number of carbonyl (C=O) groups excluding carboxylic acids is 2. The summed E-state index contributed by atoms with van der Waals surface area (Å²) in [5.41, 5.74) is 7.40. The minimum atomic E-state index is -3.70. The molecule has 1 fully saturated rings. The van der Waals surface area contributed by atoms with Crippen molar-refractivity contribution in [2.75, 3.05) is 30.5 Å². The van der Waals surface area contributed by atoms with Crippen molar-refractivity contribution in [3.8, 4) is 0 Å². The highest BCUT2D eigenvalue weighted by atomic mass is 32.2. The Labute approximate surface area is 188 Å². The Morgan fingerprint density at radius 3 is 2.38 bits per heavy atom. The summed E-state index contributed by atoms with van der Waals surface area (Å²) in [4.78, 5) is 25.8. The van der Waals surface area contributed by atoms with E-state index in [1.807, 2.05) is 29.2 Å². The molecule has 0 radical (unpaired) electrons. The van der Waals surface area contributed by atoms with E-state index in [9.17, 15) is 18.0 Å². The number of nitrogens with two attached hydrogens (primary N) is 1. The van der Waals surface area contributed by atoms with Crippen LogP contribution in [0.5, 0.6) is 0 Å². The van der Waals surface area contributed by atoms with Crippen molar-refractivity contribution in [2.45, 2.75) is 36.6 Å². The normalized spacial score (nSPS) is 17.6. The van der Waals surface area contributed by atoms with Crippen LogP contribution in [-0.2, 0) is 21.2 Å². The predicted molar refractivity (Wildman–Crippen MR) is 122 cm³/mol. The molecule has 0 saturated carbocycles. The fraction of sp³-hybridized carbons (Fsp3) is 0.391. The van der Waals surface area contributed by atoms with Gasteiger partial charge in [-0.3, -0.25) is 18.8 Å². The summed E-state index contributed by atoms with van der Waals surface area (Å²) in [5.74, 6) is -0.582. The van der Waals surface area contributed by atoms with Gasteiger partial charge in [0.15, 0.2) is 0 Å². The van der Waals surface area contributed by atoms with Gasteiger partial charge >= 0.3 is 0 Å². The van der Waals surface area contributed by atoms with Crippen LogP contribution in [0.15, 0.2) is 53.4 Å². The van der Waals surface area contributed by atoms with Crippen LogP contribution in [0.3, 0.4) is 0 Å². The fourth-order valence-corrected chi connectivity index (χ4v) is 5.92. The zero-order valence-electron chi connectivity index (χ0n) is 17.9. The molecule has 170 valence electrons. The molecule has 8 nitrogen and oxygen atoms in total. The van der Waals surface area contributed by atoms with Crippen molar-refractivity contribution in [2.24, 2.45) is 5.73 Å². The lowest BCUT2D eigenvalue weighted by Crippen LogP contribution is -2.46. The average Bonchev–Trinajstić information content (AvgIpc) is 2.79. The first-order chi connectivity index (χ1) is 15.3. The molecule has 2 aromatic carbocycles. The molecule has 32 heavy (non-hydrogen) atoms. The molecular weight excluding hydrogens is 428 g/mol. The number of primary amides is 1. The average molecular weight is 457 g/mol. The molecule has 1 saturated heterocycles. The van der Waals surface area contributed by atoms with Crippen molar-refractivity contribution >= 4 is 27.5 Å².